The average Bonchev–Trinajstić information content (AvgIpc) is 0.592. The maximum absolute atomic E-state index is 5.33. The summed E-state index contributed by atoms with van der Waals surface area (Å²) in [5, 5.41) is 0. The molecule has 0 rings (SSSR count). The molecular weight excluding hydrogens is 552 g/mol. The van der Waals surface area contributed by atoms with Gasteiger partial charge in [-0.3, -0.25) is 0 Å². The van der Waals surface area contributed by atoms with Gasteiger partial charge in [0.1, 0.15) is 0 Å². The van der Waals surface area contributed by atoms with E-state index in [2.05, 4.69) is 0 Å². The first kappa shape index (κ1) is 19.4. The Balaban J connectivity index is -0.000000180. The third-order valence-corrected chi connectivity index (χ3v) is 0. The molecule has 0 atom stereocenters. The minimum atomic E-state index is -5.33. The second-order valence-corrected chi connectivity index (χ2v) is 52.6. The van der Waals surface area contributed by atoms with Gasteiger partial charge in [-0.2, -0.15) is 0 Å². The Kier molecular flexibility index (Phi) is 9.73. The molecule has 0 saturated carbocycles. The summed E-state index contributed by atoms with van der Waals surface area (Å²) < 4.78 is 0. The van der Waals surface area contributed by atoms with E-state index in [9.17, 15) is 0 Å². The number of halogens is 6. The van der Waals surface area contributed by atoms with E-state index in [1.165, 1.54) is 0 Å². The Morgan fingerprint density at radius 2 is 0.667 bits per heavy atom. The fraction of sp³-hybridized carbons (Fsp3) is 0. The predicted molar refractivity (Wildman–Crippen MR) is 35.1 cm³/mol. The van der Waals surface area contributed by atoms with E-state index in [-0.39, 0.29) is 73.8 Å². The van der Waals surface area contributed by atoms with E-state index in [4.69, 9.17) is 57.5 Å². The monoisotopic (exact) mass is 549 g/mol. The van der Waals surface area contributed by atoms with Crippen molar-refractivity contribution in [1.82, 2.24) is 0 Å². The Bertz CT molecular complexity index is 71.6. The van der Waals surface area contributed by atoms with Crippen LogP contribution in [0.5, 0.6) is 0 Å². The van der Waals surface area contributed by atoms with Crippen LogP contribution in [0.2, 0.25) is 0 Å². The van der Waals surface area contributed by atoms with Crippen LogP contribution in [0.1, 0.15) is 0 Å². The molecule has 0 unspecified atom stereocenters. The zero-order valence-corrected chi connectivity index (χ0v) is 15.4. The third-order valence-electron chi connectivity index (χ3n) is 0. The van der Waals surface area contributed by atoms with Crippen molar-refractivity contribution in [3.63, 3.8) is 0 Å². The SMILES string of the molecule is [Ag+].[Cl][Ir-2]([Cl])([Cl])([Cl])([Cl])[Cl].[K+]. The Labute approximate surface area is 134 Å². The summed E-state index contributed by atoms with van der Waals surface area (Å²) in [5.41, 5.74) is 0. The van der Waals surface area contributed by atoms with Crippen molar-refractivity contribution < 1.29 is 80.6 Å². The van der Waals surface area contributed by atoms with E-state index in [0.29, 0.717) is 0 Å². The first-order valence-corrected chi connectivity index (χ1v) is 18.6. The molecule has 0 aromatic carbocycles. The van der Waals surface area contributed by atoms with E-state index in [1.807, 2.05) is 0 Å². The van der Waals surface area contributed by atoms with Crippen LogP contribution in [0, 0.1) is 0 Å². The zero-order valence-electron chi connectivity index (χ0n) is 3.90. The molecule has 0 spiro atoms. The molecule has 0 aliphatic carbocycles. The van der Waals surface area contributed by atoms with Gasteiger partial charge < -0.3 is 0 Å². The van der Waals surface area contributed by atoms with Gasteiger partial charge in [0.2, 0.25) is 0 Å². The van der Waals surface area contributed by atoms with Crippen molar-refractivity contribution in [2.75, 3.05) is 0 Å². The van der Waals surface area contributed by atoms with Crippen LogP contribution in [0.25, 0.3) is 0 Å². The normalized spacial score (nSPS) is 18.0. The second kappa shape index (κ2) is 4.52. The van der Waals surface area contributed by atoms with Crippen molar-refractivity contribution in [2.24, 2.45) is 0 Å². The largest absolute Gasteiger partial charge is 1.00 e. The molecule has 9 heteroatoms. The number of rotatable bonds is 0. The van der Waals surface area contributed by atoms with Crippen LogP contribution in [-0.4, -0.2) is 0 Å². The van der Waals surface area contributed by atoms with Gasteiger partial charge in [0.25, 0.3) is 0 Å². The predicted octanol–water partition coefficient (Wildman–Crippen LogP) is 1.14. The minimum Gasteiger partial charge on any atom is 1.00 e. The summed E-state index contributed by atoms with van der Waals surface area (Å²) >= 11 is 0. The van der Waals surface area contributed by atoms with Crippen LogP contribution in [-0.2, 0) is 29.2 Å². The van der Waals surface area contributed by atoms with Gasteiger partial charge in [-0.1, -0.05) is 0 Å². The fourth-order valence-corrected chi connectivity index (χ4v) is 0. The Morgan fingerprint density at radius 1 is 0.667 bits per heavy atom. The molecule has 0 aliphatic rings. The van der Waals surface area contributed by atoms with Gasteiger partial charge in [-0.15, -0.1) is 0 Å². The summed E-state index contributed by atoms with van der Waals surface area (Å²) in [4.78, 5) is 0. The Morgan fingerprint density at radius 3 is 0.667 bits per heavy atom. The second-order valence-electron chi connectivity index (χ2n) is 0.714. The van der Waals surface area contributed by atoms with E-state index >= 15 is 0 Å². The van der Waals surface area contributed by atoms with Crippen LogP contribution in [0.4, 0.5) is 0 Å². The quantitative estimate of drug-likeness (QED) is 0.396. The van der Waals surface area contributed by atoms with Crippen molar-refractivity contribution in [2.45, 2.75) is 0 Å². The molecule has 0 fully saturated rings. The molecule has 0 bridgehead atoms. The molecule has 0 heterocycles. The first-order valence-electron chi connectivity index (χ1n) is 0.756. The third kappa shape index (κ3) is 65.1. The molecule has 9 heavy (non-hydrogen) atoms. The molecule has 0 nitrogen and oxygen atoms in total. The molecule has 0 aliphatic heterocycles. The van der Waals surface area contributed by atoms with Crippen molar-refractivity contribution in [3.05, 3.63) is 0 Å². The van der Waals surface area contributed by atoms with Gasteiger partial charge in [-0.25, -0.2) is 0 Å². The molecule has 0 amide bonds. The van der Waals surface area contributed by atoms with Gasteiger partial charge >= 0.3 is 138 Å². The van der Waals surface area contributed by atoms with Crippen LogP contribution < -0.4 is 51.4 Å². The van der Waals surface area contributed by atoms with E-state index < -0.39 is 6.81 Å². The summed E-state index contributed by atoms with van der Waals surface area (Å²) in [5.74, 6) is 0. The summed E-state index contributed by atoms with van der Waals surface area (Å²) in [6, 6.07) is 0. The molecule has 63 valence electrons. The van der Waals surface area contributed by atoms with E-state index in [1.54, 1.807) is 0 Å². The first-order chi connectivity index (χ1) is 2.45. The molecule has 0 aromatic rings. The minimum absolute atomic E-state index is 0. The molecule has 0 aromatic heterocycles. The number of hydrogen-bond acceptors (Lipinski definition) is 0. The fourth-order valence-electron chi connectivity index (χ4n) is 0. The van der Waals surface area contributed by atoms with Gasteiger partial charge in [-0.05, 0) is 0 Å². The molecular formula is AgCl6IrK. The summed E-state index contributed by atoms with van der Waals surface area (Å²) in [6.45, 7) is -5.33. The summed E-state index contributed by atoms with van der Waals surface area (Å²) in [6.07, 6.45) is 0. The molecule has 0 radical (unpaired) electrons. The smallest absolute Gasteiger partial charge is 1.00 e. The van der Waals surface area contributed by atoms with Crippen LogP contribution in [0.15, 0.2) is 0 Å². The van der Waals surface area contributed by atoms with Gasteiger partial charge in [0.15, 0.2) is 0 Å². The number of hydrogen-bond donors (Lipinski definition) is 0. The van der Waals surface area contributed by atoms with Crippen LogP contribution >= 0.6 is 57.5 Å². The van der Waals surface area contributed by atoms with Crippen molar-refractivity contribution in [3.8, 4) is 0 Å². The van der Waals surface area contributed by atoms with E-state index in [0.717, 1.165) is 0 Å². The summed E-state index contributed by atoms with van der Waals surface area (Å²) in [7, 11) is 30.3. The standard InChI is InChI=1S/Ag.6ClH.Ir.K/h;6*1H;;/q+1;;;;;;;+4;+1/p-6. The van der Waals surface area contributed by atoms with Gasteiger partial charge in [0.05, 0.1) is 0 Å². The maximum Gasteiger partial charge on any atom is 1.00 e. The molecule has 0 saturated heterocycles. The van der Waals surface area contributed by atoms with Crippen molar-refractivity contribution in [1.29, 1.82) is 0 Å². The average molecular weight is 552 g/mol. The molecule has 0 N–H and O–H groups in total. The Hall–Kier alpha value is 4.77. The topological polar surface area (TPSA) is 0 Å². The maximum atomic E-state index is 5.06. The zero-order chi connectivity index (χ0) is 6.41. The van der Waals surface area contributed by atoms with Gasteiger partial charge in [0, 0.05) is 0 Å². The van der Waals surface area contributed by atoms with Crippen molar-refractivity contribution >= 4 is 57.5 Å². The van der Waals surface area contributed by atoms with Crippen LogP contribution in [0.3, 0.4) is 0 Å².